The Balaban J connectivity index is 1.37. The summed E-state index contributed by atoms with van der Waals surface area (Å²) in [6.07, 6.45) is 0. The van der Waals surface area contributed by atoms with Gasteiger partial charge < -0.3 is 10.1 Å². The molecule has 0 radical (unpaired) electrons. The lowest BCUT2D eigenvalue weighted by Gasteiger charge is -2.34. The molecule has 0 saturated carbocycles. The topological polar surface area (TPSA) is 44.8 Å². The van der Waals surface area contributed by atoms with Crippen LogP contribution in [-0.2, 0) is 4.79 Å². The number of rotatable bonds is 7. The summed E-state index contributed by atoms with van der Waals surface area (Å²) in [6.45, 7) is 9.75. The largest absolute Gasteiger partial charge is 0.492 e. The van der Waals surface area contributed by atoms with Gasteiger partial charge >= 0.3 is 0 Å². The number of hydrogen-bond acceptors (Lipinski definition) is 4. The minimum absolute atomic E-state index is 0.0279. The van der Waals surface area contributed by atoms with Gasteiger partial charge in [-0.2, -0.15) is 0 Å². The maximum atomic E-state index is 12.3. The van der Waals surface area contributed by atoms with Gasteiger partial charge in [0.1, 0.15) is 12.4 Å². The van der Waals surface area contributed by atoms with Gasteiger partial charge in [-0.25, -0.2) is 0 Å². The third kappa shape index (κ3) is 5.71. The van der Waals surface area contributed by atoms with Crippen molar-refractivity contribution in [1.29, 1.82) is 0 Å². The maximum absolute atomic E-state index is 12.3. The predicted molar refractivity (Wildman–Crippen MR) is 114 cm³/mol. The average molecular weight is 402 g/mol. The van der Waals surface area contributed by atoms with E-state index in [1.807, 2.05) is 18.2 Å². The molecule has 28 heavy (non-hydrogen) atoms. The van der Waals surface area contributed by atoms with Gasteiger partial charge in [-0.1, -0.05) is 41.9 Å². The molecular weight excluding hydrogens is 374 g/mol. The second-order valence-corrected chi connectivity index (χ2v) is 7.62. The van der Waals surface area contributed by atoms with Gasteiger partial charge in [0.25, 0.3) is 0 Å². The van der Waals surface area contributed by atoms with Crippen molar-refractivity contribution in [2.24, 2.45) is 0 Å². The van der Waals surface area contributed by atoms with Gasteiger partial charge in [0.2, 0.25) is 5.91 Å². The van der Waals surface area contributed by atoms with E-state index in [-0.39, 0.29) is 5.91 Å². The van der Waals surface area contributed by atoms with Crippen LogP contribution in [0.1, 0.15) is 11.1 Å². The van der Waals surface area contributed by atoms with Gasteiger partial charge in [0.15, 0.2) is 0 Å². The van der Waals surface area contributed by atoms with Crippen molar-refractivity contribution >= 4 is 23.2 Å². The van der Waals surface area contributed by atoms with E-state index in [0.717, 1.165) is 38.5 Å². The molecule has 6 heteroatoms. The number of anilines is 1. The highest BCUT2D eigenvalue weighted by Crippen LogP contribution is 2.22. The average Bonchev–Trinajstić information content (AvgIpc) is 2.67. The molecule has 5 nitrogen and oxygen atoms in total. The molecule has 3 rings (SSSR count). The molecule has 150 valence electrons. The molecule has 1 N–H and O–H groups in total. The van der Waals surface area contributed by atoms with E-state index in [2.05, 4.69) is 47.2 Å². The summed E-state index contributed by atoms with van der Waals surface area (Å²) in [5, 5.41) is 3.45. The molecule has 1 heterocycles. The van der Waals surface area contributed by atoms with Crippen molar-refractivity contribution in [3.63, 3.8) is 0 Å². The Morgan fingerprint density at radius 1 is 1.00 bits per heavy atom. The van der Waals surface area contributed by atoms with E-state index in [0.29, 0.717) is 23.9 Å². The van der Waals surface area contributed by atoms with Crippen LogP contribution in [-0.4, -0.2) is 61.6 Å². The van der Waals surface area contributed by atoms with Crippen LogP contribution in [0.4, 0.5) is 5.69 Å². The second kappa shape index (κ2) is 9.92. The quantitative estimate of drug-likeness (QED) is 0.770. The number of nitrogens with zero attached hydrogens (tertiary/aromatic N) is 2. The molecule has 1 amide bonds. The van der Waals surface area contributed by atoms with Crippen molar-refractivity contribution in [3.8, 4) is 5.75 Å². The Labute approximate surface area is 172 Å². The molecule has 1 aliphatic heterocycles. The van der Waals surface area contributed by atoms with Gasteiger partial charge in [0, 0.05) is 32.7 Å². The summed E-state index contributed by atoms with van der Waals surface area (Å²) in [4.78, 5) is 16.8. The number of carbonyl (C=O) groups excluding carboxylic acids is 1. The predicted octanol–water partition coefficient (Wildman–Crippen LogP) is 3.59. The summed E-state index contributed by atoms with van der Waals surface area (Å²) in [7, 11) is 0. The standard InChI is InChI=1S/C22H28ClN3O2/c1-17-6-5-7-18(2)22(17)28-15-14-25-10-12-26(13-11-25)16-21(27)24-20-9-4-3-8-19(20)23/h3-9H,10-16H2,1-2H3,(H,24,27). The Hall–Kier alpha value is -2.08. The molecule has 0 aliphatic carbocycles. The number of piperazine rings is 1. The summed E-state index contributed by atoms with van der Waals surface area (Å²) in [5.74, 6) is 0.970. The lowest BCUT2D eigenvalue weighted by Crippen LogP contribution is -2.49. The molecule has 0 atom stereocenters. The number of aryl methyl sites for hydroxylation is 2. The zero-order valence-electron chi connectivity index (χ0n) is 16.6. The molecule has 0 aromatic heterocycles. The first-order valence-corrected chi connectivity index (χ1v) is 10.1. The molecule has 1 saturated heterocycles. The number of carbonyl (C=O) groups is 1. The van der Waals surface area contributed by atoms with E-state index in [1.165, 1.54) is 11.1 Å². The Bertz CT molecular complexity index is 784. The Kier molecular flexibility index (Phi) is 7.31. The summed E-state index contributed by atoms with van der Waals surface area (Å²) >= 11 is 6.10. The fourth-order valence-electron chi connectivity index (χ4n) is 3.43. The number of hydrogen-bond donors (Lipinski definition) is 1. The minimum atomic E-state index is -0.0279. The van der Waals surface area contributed by atoms with Crippen LogP contribution in [0.5, 0.6) is 5.75 Å². The zero-order valence-corrected chi connectivity index (χ0v) is 17.3. The van der Waals surface area contributed by atoms with Gasteiger partial charge in [0.05, 0.1) is 17.3 Å². The first-order chi connectivity index (χ1) is 13.5. The Morgan fingerprint density at radius 3 is 2.32 bits per heavy atom. The van der Waals surface area contributed by atoms with Crippen LogP contribution in [0.2, 0.25) is 5.02 Å². The normalized spacial score (nSPS) is 15.4. The molecule has 0 unspecified atom stereocenters. The third-order valence-electron chi connectivity index (χ3n) is 5.04. The van der Waals surface area contributed by atoms with Crippen molar-refractivity contribution in [1.82, 2.24) is 9.80 Å². The SMILES string of the molecule is Cc1cccc(C)c1OCCN1CCN(CC(=O)Nc2ccccc2Cl)CC1. The van der Waals surface area contributed by atoms with Crippen molar-refractivity contribution < 1.29 is 9.53 Å². The van der Waals surface area contributed by atoms with Crippen molar-refractivity contribution in [2.75, 3.05) is 51.2 Å². The number of nitrogens with one attached hydrogen (secondary N) is 1. The third-order valence-corrected chi connectivity index (χ3v) is 5.37. The first-order valence-electron chi connectivity index (χ1n) is 9.71. The highest BCUT2D eigenvalue weighted by Gasteiger charge is 2.19. The molecule has 1 aliphatic rings. The summed E-state index contributed by atoms with van der Waals surface area (Å²) in [5.41, 5.74) is 3.01. The highest BCUT2D eigenvalue weighted by atomic mass is 35.5. The fourth-order valence-corrected chi connectivity index (χ4v) is 3.61. The van der Waals surface area contributed by atoms with Crippen LogP contribution in [0.15, 0.2) is 42.5 Å². The zero-order chi connectivity index (χ0) is 19.9. The first kappa shape index (κ1) is 20.6. The van der Waals surface area contributed by atoms with E-state index < -0.39 is 0 Å². The molecule has 0 bridgehead atoms. The van der Waals surface area contributed by atoms with Gasteiger partial charge in [-0.15, -0.1) is 0 Å². The van der Waals surface area contributed by atoms with Gasteiger partial charge in [-0.05, 0) is 37.1 Å². The van der Waals surface area contributed by atoms with E-state index in [1.54, 1.807) is 6.07 Å². The van der Waals surface area contributed by atoms with E-state index in [9.17, 15) is 4.79 Å². The molecule has 0 spiro atoms. The number of benzene rings is 2. The highest BCUT2D eigenvalue weighted by molar-refractivity contribution is 6.33. The van der Waals surface area contributed by atoms with Crippen LogP contribution >= 0.6 is 11.6 Å². The number of ether oxygens (including phenoxy) is 1. The number of amides is 1. The van der Waals surface area contributed by atoms with Crippen LogP contribution in [0, 0.1) is 13.8 Å². The lowest BCUT2D eigenvalue weighted by molar-refractivity contribution is -0.117. The van der Waals surface area contributed by atoms with Crippen LogP contribution < -0.4 is 10.1 Å². The molecule has 2 aromatic carbocycles. The van der Waals surface area contributed by atoms with Gasteiger partial charge in [-0.3, -0.25) is 14.6 Å². The monoisotopic (exact) mass is 401 g/mol. The van der Waals surface area contributed by atoms with Crippen LogP contribution in [0.3, 0.4) is 0 Å². The second-order valence-electron chi connectivity index (χ2n) is 7.22. The van der Waals surface area contributed by atoms with Crippen molar-refractivity contribution in [3.05, 3.63) is 58.6 Å². The molecular formula is C22H28ClN3O2. The molecule has 1 fully saturated rings. The lowest BCUT2D eigenvalue weighted by atomic mass is 10.1. The molecule has 2 aromatic rings. The van der Waals surface area contributed by atoms with E-state index in [4.69, 9.17) is 16.3 Å². The van der Waals surface area contributed by atoms with E-state index >= 15 is 0 Å². The fraction of sp³-hybridized carbons (Fsp3) is 0.409. The maximum Gasteiger partial charge on any atom is 0.238 e. The van der Waals surface area contributed by atoms with Crippen LogP contribution in [0.25, 0.3) is 0 Å². The van der Waals surface area contributed by atoms with Crippen molar-refractivity contribution in [2.45, 2.75) is 13.8 Å². The summed E-state index contributed by atoms with van der Waals surface area (Å²) in [6, 6.07) is 13.5. The minimum Gasteiger partial charge on any atom is -0.492 e. The Morgan fingerprint density at radius 2 is 1.64 bits per heavy atom. The number of halogens is 1. The number of para-hydroxylation sites is 2. The smallest absolute Gasteiger partial charge is 0.238 e. The summed E-state index contributed by atoms with van der Waals surface area (Å²) < 4.78 is 6.01.